The summed E-state index contributed by atoms with van der Waals surface area (Å²) in [5.74, 6) is 0.974. The first-order chi connectivity index (χ1) is 14.7. The van der Waals surface area contributed by atoms with Crippen LogP contribution in [0.4, 0.5) is 10.8 Å². The van der Waals surface area contributed by atoms with E-state index in [1.807, 2.05) is 6.92 Å². The van der Waals surface area contributed by atoms with E-state index in [-0.39, 0.29) is 5.56 Å². The summed E-state index contributed by atoms with van der Waals surface area (Å²) >= 11 is 1.41. The molecule has 158 valence electrons. The molecule has 8 heteroatoms. The van der Waals surface area contributed by atoms with Crippen LogP contribution < -0.4 is 15.8 Å². The number of aromatic nitrogens is 3. The molecule has 1 saturated heterocycles. The van der Waals surface area contributed by atoms with Gasteiger partial charge < -0.3 is 10.2 Å². The number of hydrogen-bond donors (Lipinski definition) is 1. The summed E-state index contributed by atoms with van der Waals surface area (Å²) < 4.78 is 1.37. The van der Waals surface area contributed by atoms with Crippen molar-refractivity contribution in [2.24, 2.45) is 5.92 Å². The van der Waals surface area contributed by atoms with Gasteiger partial charge in [0, 0.05) is 56.7 Å². The molecule has 2 aliphatic rings. The molecule has 7 nitrogen and oxygen atoms in total. The lowest BCUT2D eigenvalue weighted by atomic mass is 10.1. The summed E-state index contributed by atoms with van der Waals surface area (Å²) in [6.45, 7) is 8.52. The highest BCUT2D eigenvalue weighted by atomic mass is 32.1. The second kappa shape index (κ2) is 8.35. The van der Waals surface area contributed by atoms with Crippen molar-refractivity contribution in [2.45, 2.75) is 32.7 Å². The molecule has 1 N–H and O–H groups in total. The maximum Gasteiger partial charge on any atom is 0.275 e. The smallest absolute Gasteiger partial charge is 0.275 e. The molecule has 1 aliphatic carbocycles. The van der Waals surface area contributed by atoms with Gasteiger partial charge in [-0.2, -0.15) is 4.52 Å². The van der Waals surface area contributed by atoms with E-state index in [2.05, 4.69) is 49.5 Å². The molecule has 0 bridgehead atoms. The van der Waals surface area contributed by atoms with E-state index in [9.17, 15) is 4.79 Å². The van der Waals surface area contributed by atoms with Crippen molar-refractivity contribution in [1.82, 2.24) is 19.5 Å². The summed E-state index contributed by atoms with van der Waals surface area (Å²) in [5, 5.41) is 8.40. The number of fused-ring (bicyclic) bond motifs is 1. The first-order valence-corrected chi connectivity index (χ1v) is 11.7. The Balaban J connectivity index is 1.18. The molecule has 0 unspecified atom stereocenters. The van der Waals surface area contributed by atoms with Gasteiger partial charge in [-0.15, -0.1) is 5.10 Å². The van der Waals surface area contributed by atoms with E-state index < -0.39 is 0 Å². The Kier molecular flexibility index (Phi) is 5.43. The molecule has 3 heterocycles. The third-order valence-electron chi connectivity index (χ3n) is 5.99. The third kappa shape index (κ3) is 4.34. The topological polar surface area (TPSA) is 65.8 Å². The second-order valence-electron chi connectivity index (χ2n) is 8.29. The first-order valence-electron chi connectivity index (χ1n) is 10.9. The quantitative estimate of drug-likeness (QED) is 0.629. The van der Waals surface area contributed by atoms with E-state index in [1.165, 1.54) is 59.6 Å². The fourth-order valence-corrected chi connectivity index (χ4v) is 4.79. The summed E-state index contributed by atoms with van der Waals surface area (Å²) in [6, 6.07) is 10.3. The van der Waals surface area contributed by atoms with Gasteiger partial charge >= 0.3 is 0 Å². The van der Waals surface area contributed by atoms with Crippen molar-refractivity contribution in [1.29, 1.82) is 0 Å². The molecule has 1 saturated carbocycles. The minimum Gasteiger partial charge on any atom is -0.369 e. The zero-order valence-electron chi connectivity index (χ0n) is 17.4. The molecular formula is C22H28N6OS. The summed E-state index contributed by atoms with van der Waals surface area (Å²) in [4.78, 5) is 22.4. The SMILES string of the molecule is CCc1cc(=O)n2nc(NCc3ccc(N4CCN(CC5CC5)CC4)cc3)sc2n1. The Morgan fingerprint density at radius 3 is 2.60 bits per heavy atom. The molecule has 5 rings (SSSR count). The average molecular weight is 425 g/mol. The van der Waals surface area contributed by atoms with Gasteiger partial charge in [0.05, 0.1) is 0 Å². The molecule has 1 aromatic carbocycles. The number of piperazine rings is 1. The van der Waals surface area contributed by atoms with E-state index in [1.54, 1.807) is 6.07 Å². The molecular weight excluding hydrogens is 396 g/mol. The number of aryl methyl sites for hydroxylation is 1. The van der Waals surface area contributed by atoms with Gasteiger partial charge in [-0.3, -0.25) is 9.69 Å². The van der Waals surface area contributed by atoms with E-state index in [0.29, 0.717) is 16.6 Å². The molecule has 3 aromatic rings. The molecule has 30 heavy (non-hydrogen) atoms. The van der Waals surface area contributed by atoms with E-state index in [4.69, 9.17) is 0 Å². The van der Waals surface area contributed by atoms with E-state index in [0.717, 1.165) is 31.1 Å². The van der Waals surface area contributed by atoms with Crippen LogP contribution in [0, 0.1) is 5.92 Å². The van der Waals surface area contributed by atoms with Gasteiger partial charge in [-0.05, 0) is 42.9 Å². The summed E-state index contributed by atoms with van der Waals surface area (Å²) in [6.07, 6.45) is 3.60. The minimum absolute atomic E-state index is 0.122. The molecule has 0 radical (unpaired) electrons. The molecule has 0 atom stereocenters. The van der Waals surface area contributed by atoms with Crippen LogP contribution in [0.3, 0.4) is 0 Å². The largest absolute Gasteiger partial charge is 0.369 e. The highest BCUT2D eigenvalue weighted by Crippen LogP contribution is 2.30. The number of hydrogen-bond acceptors (Lipinski definition) is 7. The van der Waals surface area contributed by atoms with Gasteiger partial charge in [-0.1, -0.05) is 30.4 Å². The number of nitrogens with zero attached hydrogens (tertiary/aromatic N) is 5. The van der Waals surface area contributed by atoms with Gasteiger partial charge in [-0.25, -0.2) is 4.98 Å². The molecule has 1 aliphatic heterocycles. The van der Waals surface area contributed by atoms with Gasteiger partial charge in [0.15, 0.2) is 0 Å². The van der Waals surface area contributed by atoms with Crippen LogP contribution in [0.25, 0.3) is 4.96 Å². The average Bonchev–Trinajstić information content (AvgIpc) is 3.49. The van der Waals surface area contributed by atoms with Crippen LogP contribution in [-0.4, -0.2) is 52.2 Å². The van der Waals surface area contributed by atoms with Crippen LogP contribution in [0.5, 0.6) is 0 Å². The number of nitrogens with one attached hydrogen (secondary N) is 1. The monoisotopic (exact) mass is 424 g/mol. The minimum atomic E-state index is -0.122. The maximum atomic E-state index is 12.1. The van der Waals surface area contributed by atoms with Crippen LogP contribution in [-0.2, 0) is 13.0 Å². The lowest BCUT2D eigenvalue weighted by Gasteiger charge is -2.36. The van der Waals surface area contributed by atoms with Crippen molar-refractivity contribution in [3.63, 3.8) is 0 Å². The van der Waals surface area contributed by atoms with Crippen LogP contribution in [0.15, 0.2) is 35.1 Å². The van der Waals surface area contributed by atoms with Crippen molar-refractivity contribution in [3.8, 4) is 0 Å². The van der Waals surface area contributed by atoms with Crippen LogP contribution >= 0.6 is 11.3 Å². The first kappa shape index (κ1) is 19.5. The maximum absolute atomic E-state index is 12.1. The predicted octanol–water partition coefficient (Wildman–Crippen LogP) is 2.86. The zero-order valence-corrected chi connectivity index (χ0v) is 18.2. The van der Waals surface area contributed by atoms with Gasteiger partial charge in [0.25, 0.3) is 5.56 Å². The van der Waals surface area contributed by atoms with Crippen molar-refractivity contribution >= 4 is 27.1 Å². The zero-order chi connectivity index (χ0) is 20.5. The Morgan fingerprint density at radius 2 is 1.90 bits per heavy atom. The van der Waals surface area contributed by atoms with Crippen molar-refractivity contribution in [3.05, 3.63) is 51.9 Å². The normalized spacial score (nSPS) is 17.6. The van der Waals surface area contributed by atoms with Crippen molar-refractivity contribution in [2.75, 3.05) is 42.9 Å². The number of rotatable bonds is 7. The van der Waals surface area contributed by atoms with Gasteiger partial charge in [0.1, 0.15) is 0 Å². The fraction of sp³-hybridized carbons (Fsp3) is 0.500. The lowest BCUT2D eigenvalue weighted by Crippen LogP contribution is -2.47. The standard InChI is InChI=1S/C22H28N6OS/c1-2-18-13-20(29)28-22(24-18)30-21(25-28)23-14-16-5-7-19(8-6-16)27-11-9-26(10-12-27)15-17-3-4-17/h5-8,13,17H,2-4,9-12,14-15H2,1H3,(H,23,25). The Morgan fingerprint density at radius 1 is 1.13 bits per heavy atom. The van der Waals surface area contributed by atoms with E-state index >= 15 is 0 Å². The van der Waals surface area contributed by atoms with Crippen LogP contribution in [0.2, 0.25) is 0 Å². The molecule has 0 amide bonds. The molecule has 0 spiro atoms. The number of benzene rings is 1. The molecule has 2 fully saturated rings. The second-order valence-corrected chi connectivity index (χ2v) is 9.25. The highest BCUT2D eigenvalue weighted by molar-refractivity contribution is 7.20. The van der Waals surface area contributed by atoms with Gasteiger partial charge in [0.2, 0.25) is 10.1 Å². The lowest BCUT2D eigenvalue weighted by molar-refractivity contribution is 0.248. The Bertz CT molecular complexity index is 1060. The molecule has 2 aromatic heterocycles. The third-order valence-corrected chi connectivity index (χ3v) is 6.86. The van der Waals surface area contributed by atoms with Crippen molar-refractivity contribution < 1.29 is 0 Å². The summed E-state index contributed by atoms with van der Waals surface area (Å²) in [5.41, 5.74) is 3.18. The highest BCUT2D eigenvalue weighted by Gasteiger charge is 2.26. The fourth-order valence-electron chi connectivity index (χ4n) is 3.97. The predicted molar refractivity (Wildman–Crippen MR) is 122 cm³/mol. The van der Waals surface area contributed by atoms with Crippen LogP contribution in [0.1, 0.15) is 31.0 Å². The summed E-state index contributed by atoms with van der Waals surface area (Å²) in [7, 11) is 0. The Labute approximate surface area is 180 Å². The Hall–Kier alpha value is -2.45. The number of anilines is 2.